The fourth-order valence-electron chi connectivity index (χ4n) is 2.93. The van der Waals surface area contributed by atoms with Gasteiger partial charge < -0.3 is 10.1 Å². The van der Waals surface area contributed by atoms with Gasteiger partial charge in [-0.25, -0.2) is 8.78 Å². The number of aromatic nitrogens is 2. The Labute approximate surface area is 192 Å². The number of carbonyl (C=O) groups excluding carboxylic acids is 1. The number of nitrogens with zero attached hydrogens (tertiary/aromatic N) is 2. The lowest BCUT2D eigenvalue weighted by molar-refractivity contribution is 0.102. The largest absolute Gasteiger partial charge is 0.472 e. The van der Waals surface area contributed by atoms with E-state index in [1.165, 1.54) is 42.5 Å². The van der Waals surface area contributed by atoms with Crippen molar-refractivity contribution in [2.75, 3.05) is 5.32 Å². The lowest BCUT2D eigenvalue weighted by Gasteiger charge is -2.10. The number of ether oxygens (including phenoxy) is 1. The predicted molar refractivity (Wildman–Crippen MR) is 120 cm³/mol. The topological polar surface area (TPSA) is 73.2 Å². The van der Waals surface area contributed by atoms with Gasteiger partial charge in [-0.05, 0) is 54.1 Å². The van der Waals surface area contributed by atoms with E-state index in [9.17, 15) is 18.4 Å². The molecular formula is C24H16ClF2N3O3. The molecule has 0 saturated carbocycles. The van der Waals surface area contributed by atoms with Gasteiger partial charge >= 0.3 is 0 Å². The number of anilines is 1. The molecule has 0 aliphatic heterocycles. The maximum atomic E-state index is 13.3. The van der Waals surface area contributed by atoms with Gasteiger partial charge in [-0.2, -0.15) is 4.68 Å². The van der Waals surface area contributed by atoms with Crippen molar-refractivity contribution >= 4 is 23.2 Å². The Morgan fingerprint density at radius 1 is 0.939 bits per heavy atom. The molecule has 6 nitrogen and oxygen atoms in total. The molecule has 0 fully saturated rings. The smallest absolute Gasteiger partial charge is 0.271 e. The summed E-state index contributed by atoms with van der Waals surface area (Å²) in [6.07, 6.45) is 0. The van der Waals surface area contributed by atoms with Crippen LogP contribution in [0.15, 0.2) is 83.7 Å². The highest BCUT2D eigenvalue weighted by atomic mass is 35.5. The van der Waals surface area contributed by atoms with Crippen molar-refractivity contribution < 1.29 is 18.3 Å². The first kappa shape index (κ1) is 22.2. The minimum atomic E-state index is -1.06. The standard InChI is InChI=1S/C24H16ClF2N3O3/c25-17-5-1-15(2-6-17)14-33-22-11-12-23(31)30(29-22)19-8-3-16(4-9-19)24(32)28-18-7-10-20(26)21(27)13-18/h1-13H,14H2,(H,28,32). The molecule has 9 heteroatoms. The molecule has 1 N–H and O–H groups in total. The van der Waals surface area contributed by atoms with Crippen LogP contribution in [0.1, 0.15) is 15.9 Å². The molecule has 0 unspecified atom stereocenters. The Bertz CT molecular complexity index is 1360. The van der Waals surface area contributed by atoms with Gasteiger partial charge in [-0.1, -0.05) is 23.7 Å². The molecule has 3 aromatic carbocycles. The normalized spacial score (nSPS) is 10.6. The first-order valence-corrected chi connectivity index (χ1v) is 10.1. The number of benzene rings is 3. The lowest BCUT2D eigenvalue weighted by atomic mass is 10.2. The number of nitrogens with one attached hydrogen (secondary N) is 1. The lowest BCUT2D eigenvalue weighted by Crippen LogP contribution is -2.20. The molecule has 0 atom stereocenters. The number of hydrogen-bond donors (Lipinski definition) is 1. The van der Waals surface area contributed by atoms with Crippen LogP contribution in [0.3, 0.4) is 0 Å². The second-order valence-electron chi connectivity index (χ2n) is 6.97. The van der Waals surface area contributed by atoms with Crippen molar-refractivity contribution in [2.24, 2.45) is 0 Å². The van der Waals surface area contributed by atoms with Gasteiger partial charge in [0, 0.05) is 34.5 Å². The Kier molecular flexibility index (Phi) is 6.46. The van der Waals surface area contributed by atoms with Gasteiger partial charge in [0.15, 0.2) is 11.6 Å². The van der Waals surface area contributed by atoms with E-state index in [-0.39, 0.29) is 29.3 Å². The third kappa shape index (κ3) is 5.42. The zero-order valence-electron chi connectivity index (χ0n) is 17.0. The summed E-state index contributed by atoms with van der Waals surface area (Å²) in [5, 5.41) is 7.32. The maximum absolute atomic E-state index is 13.3. The van der Waals surface area contributed by atoms with Crippen molar-refractivity contribution in [3.05, 3.63) is 117 Å². The van der Waals surface area contributed by atoms with Crippen LogP contribution < -0.4 is 15.6 Å². The van der Waals surface area contributed by atoms with Crippen molar-refractivity contribution in [2.45, 2.75) is 6.61 Å². The number of halogens is 3. The minimum Gasteiger partial charge on any atom is -0.472 e. The summed E-state index contributed by atoms with van der Waals surface area (Å²) >= 11 is 5.87. The first-order chi connectivity index (χ1) is 15.9. The zero-order valence-corrected chi connectivity index (χ0v) is 17.7. The van der Waals surface area contributed by atoms with Crippen molar-refractivity contribution in [3.8, 4) is 11.6 Å². The SMILES string of the molecule is O=C(Nc1ccc(F)c(F)c1)c1ccc(-n2nc(OCc3ccc(Cl)cc3)ccc2=O)cc1. The molecule has 33 heavy (non-hydrogen) atoms. The van der Waals surface area contributed by atoms with Crippen molar-refractivity contribution in [3.63, 3.8) is 0 Å². The van der Waals surface area contributed by atoms with Crippen LogP contribution in [-0.2, 0) is 6.61 Å². The predicted octanol–water partition coefficient (Wildman–Crippen LogP) is 5.00. The van der Waals surface area contributed by atoms with Crippen molar-refractivity contribution in [1.29, 1.82) is 0 Å². The van der Waals surface area contributed by atoms with Crippen LogP contribution in [0.4, 0.5) is 14.5 Å². The molecule has 4 rings (SSSR count). The molecule has 1 amide bonds. The van der Waals surface area contributed by atoms with Gasteiger partial charge in [-0.3, -0.25) is 9.59 Å². The summed E-state index contributed by atoms with van der Waals surface area (Å²) < 4.78 is 33.2. The van der Waals surface area contributed by atoms with Gasteiger partial charge in [0.25, 0.3) is 11.5 Å². The van der Waals surface area contributed by atoms with E-state index in [0.717, 1.165) is 22.4 Å². The molecular weight excluding hydrogens is 452 g/mol. The third-order valence-corrected chi connectivity index (χ3v) is 4.88. The maximum Gasteiger partial charge on any atom is 0.271 e. The molecule has 0 radical (unpaired) electrons. The second-order valence-corrected chi connectivity index (χ2v) is 7.40. The van der Waals surface area contributed by atoms with Gasteiger partial charge in [0.05, 0.1) is 5.69 Å². The quantitative estimate of drug-likeness (QED) is 0.433. The van der Waals surface area contributed by atoms with E-state index >= 15 is 0 Å². The fourth-order valence-corrected chi connectivity index (χ4v) is 3.05. The number of amides is 1. The molecule has 166 valence electrons. The Balaban J connectivity index is 1.47. The molecule has 0 aliphatic rings. The van der Waals surface area contributed by atoms with Crippen LogP contribution in [0.25, 0.3) is 5.69 Å². The van der Waals surface area contributed by atoms with Gasteiger partial charge in [0.2, 0.25) is 5.88 Å². The highest BCUT2D eigenvalue weighted by Crippen LogP contribution is 2.16. The van der Waals surface area contributed by atoms with Crippen LogP contribution in [0, 0.1) is 11.6 Å². The number of carbonyl (C=O) groups is 1. The Morgan fingerprint density at radius 2 is 1.67 bits per heavy atom. The molecule has 1 aromatic heterocycles. The molecule has 4 aromatic rings. The monoisotopic (exact) mass is 467 g/mol. The Morgan fingerprint density at radius 3 is 2.36 bits per heavy atom. The van der Waals surface area contributed by atoms with Gasteiger partial charge in [-0.15, -0.1) is 5.10 Å². The van der Waals surface area contributed by atoms with E-state index in [1.807, 2.05) is 12.1 Å². The number of hydrogen-bond acceptors (Lipinski definition) is 4. The second kappa shape index (κ2) is 9.62. The minimum absolute atomic E-state index is 0.117. The average molecular weight is 468 g/mol. The van der Waals surface area contributed by atoms with Crippen LogP contribution in [-0.4, -0.2) is 15.7 Å². The molecule has 0 aliphatic carbocycles. The van der Waals surface area contributed by atoms with Crippen molar-refractivity contribution in [1.82, 2.24) is 9.78 Å². The van der Waals surface area contributed by atoms with E-state index in [1.54, 1.807) is 12.1 Å². The number of rotatable bonds is 6. The fraction of sp³-hybridized carbons (Fsp3) is 0.0417. The first-order valence-electron chi connectivity index (χ1n) is 9.73. The van der Waals surface area contributed by atoms with Crippen LogP contribution >= 0.6 is 11.6 Å². The summed E-state index contributed by atoms with van der Waals surface area (Å²) in [4.78, 5) is 24.7. The summed E-state index contributed by atoms with van der Waals surface area (Å²) in [5.41, 5.74) is 1.29. The van der Waals surface area contributed by atoms with Gasteiger partial charge in [0.1, 0.15) is 6.61 Å². The highest BCUT2D eigenvalue weighted by Gasteiger charge is 2.10. The summed E-state index contributed by atoms with van der Waals surface area (Å²) in [5.74, 6) is -2.35. The zero-order chi connectivity index (χ0) is 23.4. The highest BCUT2D eigenvalue weighted by molar-refractivity contribution is 6.30. The molecule has 0 saturated heterocycles. The van der Waals surface area contributed by atoms with Crippen LogP contribution in [0.5, 0.6) is 5.88 Å². The van der Waals surface area contributed by atoms with E-state index in [2.05, 4.69) is 10.4 Å². The third-order valence-electron chi connectivity index (χ3n) is 4.63. The van der Waals surface area contributed by atoms with E-state index in [0.29, 0.717) is 10.7 Å². The summed E-state index contributed by atoms with van der Waals surface area (Å²) in [6.45, 7) is 0.242. The van der Waals surface area contributed by atoms with E-state index < -0.39 is 17.5 Å². The molecule has 0 spiro atoms. The summed E-state index contributed by atoms with van der Waals surface area (Å²) in [6, 6.07) is 19.1. The molecule has 0 bridgehead atoms. The molecule has 1 heterocycles. The van der Waals surface area contributed by atoms with Crippen LogP contribution in [0.2, 0.25) is 5.02 Å². The van der Waals surface area contributed by atoms with E-state index in [4.69, 9.17) is 16.3 Å². The Hall–Kier alpha value is -4.04. The summed E-state index contributed by atoms with van der Waals surface area (Å²) in [7, 11) is 0. The average Bonchev–Trinajstić information content (AvgIpc) is 2.82.